The Morgan fingerprint density at radius 1 is 1.46 bits per heavy atom. The third-order valence-corrected chi connectivity index (χ3v) is 1.98. The Balaban J connectivity index is 2.87. The molecule has 13 heavy (non-hydrogen) atoms. The molecule has 0 aliphatic rings. The van der Waals surface area contributed by atoms with Crippen LogP contribution in [0.2, 0.25) is 0 Å². The fraction of sp³-hybridized carbons (Fsp3) is 0.400. The zero-order chi connectivity index (χ0) is 9.84. The van der Waals surface area contributed by atoms with Crippen molar-refractivity contribution in [2.24, 2.45) is 11.7 Å². The zero-order valence-corrected chi connectivity index (χ0v) is 7.86. The highest BCUT2D eigenvalue weighted by atomic mass is 14.8. The Labute approximate surface area is 78.2 Å². The van der Waals surface area contributed by atoms with E-state index in [4.69, 9.17) is 11.0 Å². The van der Waals surface area contributed by atoms with Crippen molar-refractivity contribution >= 4 is 0 Å². The molecule has 0 radical (unpaired) electrons. The summed E-state index contributed by atoms with van der Waals surface area (Å²) in [6, 6.07) is 5.52. The Kier molecular flexibility index (Phi) is 2.99. The minimum absolute atomic E-state index is 0.0484. The van der Waals surface area contributed by atoms with E-state index in [-0.39, 0.29) is 6.04 Å². The molecule has 0 amide bonds. The van der Waals surface area contributed by atoms with E-state index in [1.807, 2.05) is 26.0 Å². The quantitative estimate of drug-likeness (QED) is 0.742. The molecule has 1 aromatic heterocycles. The molecular formula is C10H13N3. The molecule has 0 aromatic carbocycles. The second-order valence-electron chi connectivity index (χ2n) is 3.35. The first kappa shape index (κ1) is 9.69. The minimum atomic E-state index is -0.0484. The highest BCUT2D eigenvalue weighted by Gasteiger charge is 2.10. The third-order valence-electron chi connectivity index (χ3n) is 1.98. The van der Waals surface area contributed by atoms with Crippen LogP contribution in [0.5, 0.6) is 0 Å². The van der Waals surface area contributed by atoms with E-state index in [0.717, 1.165) is 5.69 Å². The number of hydrogen-bond donors (Lipinski definition) is 1. The number of nitriles is 1. The van der Waals surface area contributed by atoms with Gasteiger partial charge in [0.1, 0.15) is 6.07 Å². The van der Waals surface area contributed by atoms with E-state index >= 15 is 0 Å². The number of nitrogens with zero attached hydrogens (tertiary/aromatic N) is 2. The summed E-state index contributed by atoms with van der Waals surface area (Å²) >= 11 is 0. The van der Waals surface area contributed by atoms with Crippen LogP contribution in [0.25, 0.3) is 0 Å². The molecule has 3 heteroatoms. The molecule has 1 heterocycles. The monoisotopic (exact) mass is 175 g/mol. The van der Waals surface area contributed by atoms with Gasteiger partial charge in [0.05, 0.1) is 11.3 Å². The predicted octanol–water partition coefficient (Wildman–Crippen LogP) is 1.61. The van der Waals surface area contributed by atoms with Crippen LogP contribution in [0, 0.1) is 17.2 Å². The number of rotatable bonds is 2. The van der Waals surface area contributed by atoms with Gasteiger partial charge < -0.3 is 5.73 Å². The van der Waals surface area contributed by atoms with E-state index in [0.29, 0.717) is 11.5 Å². The summed E-state index contributed by atoms with van der Waals surface area (Å²) in [7, 11) is 0. The van der Waals surface area contributed by atoms with E-state index in [1.165, 1.54) is 0 Å². The van der Waals surface area contributed by atoms with Gasteiger partial charge in [0.15, 0.2) is 0 Å². The van der Waals surface area contributed by atoms with Gasteiger partial charge in [-0.25, -0.2) is 0 Å². The van der Waals surface area contributed by atoms with E-state index in [1.54, 1.807) is 12.3 Å². The van der Waals surface area contributed by atoms with Crippen molar-refractivity contribution in [2.45, 2.75) is 19.9 Å². The van der Waals surface area contributed by atoms with E-state index in [2.05, 4.69) is 4.98 Å². The summed E-state index contributed by atoms with van der Waals surface area (Å²) in [5.41, 5.74) is 7.29. The molecular weight excluding hydrogens is 162 g/mol. The van der Waals surface area contributed by atoms with Gasteiger partial charge in [0.25, 0.3) is 0 Å². The molecule has 1 rings (SSSR count). The van der Waals surface area contributed by atoms with Crippen LogP contribution in [0.1, 0.15) is 31.1 Å². The van der Waals surface area contributed by atoms with Crippen LogP contribution >= 0.6 is 0 Å². The van der Waals surface area contributed by atoms with Crippen molar-refractivity contribution in [1.29, 1.82) is 5.26 Å². The molecule has 0 aliphatic carbocycles. The molecule has 1 atom stereocenters. The van der Waals surface area contributed by atoms with Crippen molar-refractivity contribution in [2.75, 3.05) is 0 Å². The van der Waals surface area contributed by atoms with E-state index < -0.39 is 0 Å². The Bertz CT molecular complexity index is 308. The van der Waals surface area contributed by atoms with Crippen molar-refractivity contribution < 1.29 is 0 Å². The van der Waals surface area contributed by atoms with Crippen molar-refractivity contribution in [3.63, 3.8) is 0 Å². The lowest BCUT2D eigenvalue weighted by molar-refractivity contribution is 0.503. The summed E-state index contributed by atoms with van der Waals surface area (Å²) in [4.78, 5) is 4.12. The Morgan fingerprint density at radius 2 is 2.15 bits per heavy atom. The summed E-state index contributed by atoms with van der Waals surface area (Å²) in [6.45, 7) is 4.09. The zero-order valence-electron chi connectivity index (χ0n) is 7.86. The fourth-order valence-corrected chi connectivity index (χ4v) is 1.01. The molecule has 0 fully saturated rings. The number of pyridine rings is 1. The summed E-state index contributed by atoms with van der Waals surface area (Å²) in [5, 5.41) is 8.56. The van der Waals surface area contributed by atoms with Crippen LogP contribution in [0.4, 0.5) is 0 Å². The predicted molar refractivity (Wildman–Crippen MR) is 50.7 cm³/mol. The lowest BCUT2D eigenvalue weighted by atomic mass is 10.0. The highest BCUT2D eigenvalue weighted by Crippen LogP contribution is 2.16. The largest absolute Gasteiger partial charge is 0.322 e. The maximum atomic E-state index is 8.56. The molecule has 0 saturated carbocycles. The molecule has 68 valence electrons. The molecule has 3 nitrogen and oxygen atoms in total. The maximum Gasteiger partial charge on any atom is 0.101 e. The van der Waals surface area contributed by atoms with Gasteiger partial charge in [-0.1, -0.05) is 13.8 Å². The molecule has 0 spiro atoms. The first-order valence-electron chi connectivity index (χ1n) is 4.26. The maximum absolute atomic E-state index is 8.56. The van der Waals surface area contributed by atoms with Crippen LogP contribution in [0.3, 0.4) is 0 Å². The minimum Gasteiger partial charge on any atom is -0.322 e. The van der Waals surface area contributed by atoms with E-state index in [9.17, 15) is 0 Å². The molecule has 0 bridgehead atoms. The average Bonchev–Trinajstić information content (AvgIpc) is 2.17. The summed E-state index contributed by atoms with van der Waals surface area (Å²) in [5.74, 6) is 0.362. The highest BCUT2D eigenvalue weighted by molar-refractivity contribution is 5.27. The van der Waals surface area contributed by atoms with Gasteiger partial charge in [-0.05, 0) is 18.1 Å². The summed E-state index contributed by atoms with van der Waals surface area (Å²) < 4.78 is 0. The van der Waals surface area contributed by atoms with Crippen LogP contribution in [-0.4, -0.2) is 4.98 Å². The van der Waals surface area contributed by atoms with Gasteiger partial charge in [-0.2, -0.15) is 5.26 Å². The SMILES string of the molecule is CC(C)[C@@H](N)c1ccc(C#N)cn1. The smallest absolute Gasteiger partial charge is 0.101 e. The Hall–Kier alpha value is -1.40. The van der Waals surface area contributed by atoms with Gasteiger partial charge >= 0.3 is 0 Å². The summed E-state index contributed by atoms with van der Waals surface area (Å²) in [6.07, 6.45) is 1.55. The van der Waals surface area contributed by atoms with Crippen LogP contribution in [-0.2, 0) is 0 Å². The topological polar surface area (TPSA) is 62.7 Å². The van der Waals surface area contributed by atoms with Crippen molar-refractivity contribution in [1.82, 2.24) is 4.98 Å². The number of nitrogens with two attached hydrogens (primary N) is 1. The standard InChI is InChI=1S/C10H13N3/c1-7(2)10(12)9-4-3-8(5-11)6-13-9/h3-4,6-7,10H,12H2,1-2H3/t10-/m1/s1. The second kappa shape index (κ2) is 4.01. The lowest BCUT2D eigenvalue weighted by Crippen LogP contribution is -2.17. The first-order chi connectivity index (χ1) is 6.15. The molecule has 0 unspecified atom stereocenters. The van der Waals surface area contributed by atoms with Crippen LogP contribution in [0.15, 0.2) is 18.3 Å². The first-order valence-corrected chi connectivity index (χ1v) is 4.26. The fourth-order valence-electron chi connectivity index (χ4n) is 1.01. The van der Waals surface area contributed by atoms with Gasteiger partial charge in [-0.15, -0.1) is 0 Å². The lowest BCUT2D eigenvalue weighted by Gasteiger charge is -2.14. The molecule has 0 saturated heterocycles. The normalized spacial score (nSPS) is 12.5. The average molecular weight is 175 g/mol. The molecule has 2 N–H and O–H groups in total. The van der Waals surface area contributed by atoms with Gasteiger partial charge in [-0.3, -0.25) is 4.98 Å². The van der Waals surface area contributed by atoms with Gasteiger partial charge in [0, 0.05) is 12.2 Å². The van der Waals surface area contributed by atoms with Crippen LogP contribution < -0.4 is 5.73 Å². The van der Waals surface area contributed by atoms with Gasteiger partial charge in [0.2, 0.25) is 0 Å². The number of hydrogen-bond acceptors (Lipinski definition) is 3. The third kappa shape index (κ3) is 2.27. The Morgan fingerprint density at radius 3 is 2.54 bits per heavy atom. The number of aromatic nitrogens is 1. The molecule has 0 aliphatic heterocycles. The second-order valence-corrected chi connectivity index (χ2v) is 3.35. The molecule has 1 aromatic rings. The van der Waals surface area contributed by atoms with Crippen molar-refractivity contribution in [3.05, 3.63) is 29.6 Å². The van der Waals surface area contributed by atoms with Crippen molar-refractivity contribution in [3.8, 4) is 6.07 Å².